The molecular formula is C15H23N5O. The number of anilines is 1. The van der Waals surface area contributed by atoms with Crippen LogP contribution in [0.15, 0.2) is 18.2 Å². The minimum Gasteiger partial charge on any atom is -0.492 e. The Bertz CT molecular complexity index is 581. The molecule has 1 aromatic heterocycles. The molecule has 0 saturated carbocycles. The largest absolute Gasteiger partial charge is 0.492 e. The summed E-state index contributed by atoms with van der Waals surface area (Å²) in [5, 5.41) is 12.1. The standard InChI is InChI=1S/C15H23N5O/c1-4-7-12(5-2)20-15(17-18-19-20)11-8-9-14(21-6-3)13(16)10-11/h8-10,12H,4-7,16H2,1-3H3. The monoisotopic (exact) mass is 289 g/mol. The number of hydrogen-bond acceptors (Lipinski definition) is 5. The van der Waals surface area contributed by atoms with Gasteiger partial charge in [-0.3, -0.25) is 0 Å². The fraction of sp³-hybridized carbons (Fsp3) is 0.533. The second-order valence-corrected chi connectivity index (χ2v) is 4.98. The fourth-order valence-corrected chi connectivity index (χ4v) is 2.44. The highest BCUT2D eigenvalue weighted by atomic mass is 16.5. The van der Waals surface area contributed by atoms with Crippen LogP contribution in [0, 0.1) is 0 Å². The molecule has 0 spiro atoms. The van der Waals surface area contributed by atoms with Crippen LogP contribution >= 0.6 is 0 Å². The summed E-state index contributed by atoms with van der Waals surface area (Å²) in [7, 11) is 0. The molecule has 6 heteroatoms. The quantitative estimate of drug-likeness (QED) is 0.792. The summed E-state index contributed by atoms with van der Waals surface area (Å²) in [4.78, 5) is 0. The van der Waals surface area contributed by atoms with Crippen molar-refractivity contribution in [1.29, 1.82) is 0 Å². The molecule has 2 aromatic rings. The van der Waals surface area contributed by atoms with Crippen LogP contribution < -0.4 is 10.5 Å². The van der Waals surface area contributed by atoms with Gasteiger partial charge in [-0.05, 0) is 48.4 Å². The molecular weight excluding hydrogens is 266 g/mol. The summed E-state index contributed by atoms with van der Waals surface area (Å²) in [5.74, 6) is 1.45. The fourth-order valence-electron chi connectivity index (χ4n) is 2.44. The van der Waals surface area contributed by atoms with Gasteiger partial charge in [-0.1, -0.05) is 20.3 Å². The summed E-state index contributed by atoms with van der Waals surface area (Å²) in [5.41, 5.74) is 7.54. The molecule has 1 unspecified atom stereocenters. The maximum atomic E-state index is 6.03. The summed E-state index contributed by atoms with van der Waals surface area (Å²) in [6.45, 7) is 6.85. The third-order valence-corrected chi connectivity index (χ3v) is 3.50. The Morgan fingerprint density at radius 1 is 1.29 bits per heavy atom. The molecule has 21 heavy (non-hydrogen) atoms. The van der Waals surface area contributed by atoms with Crippen LogP contribution in [-0.4, -0.2) is 26.8 Å². The third-order valence-electron chi connectivity index (χ3n) is 3.50. The summed E-state index contributed by atoms with van der Waals surface area (Å²) < 4.78 is 7.36. The van der Waals surface area contributed by atoms with Crippen molar-refractivity contribution in [3.63, 3.8) is 0 Å². The highest BCUT2D eigenvalue weighted by molar-refractivity contribution is 5.66. The molecule has 0 aliphatic rings. The molecule has 1 heterocycles. The Kier molecular flexibility index (Phi) is 5.14. The highest BCUT2D eigenvalue weighted by Gasteiger charge is 2.17. The zero-order chi connectivity index (χ0) is 15.2. The number of rotatable bonds is 7. The molecule has 0 fully saturated rings. The lowest BCUT2D eigenvalue weighted by atomic mass is 10.1. The molecule has 1 atom stereocenters. The van der Waals surface area contributed by atoms with E-state index in [1.807, 2.05) is 29.8 Å². The van der Waals surface area contributed by atoms with Crippen molar-refractivity contribution >= 4 is 5.69 Å². The van der Waals surface area contributed by atoms with Gasteiger partial charge < -0.3 is 10.5 Å². The minimum atomic E-state index is 0.313. The Morgan fingerprint density at radius 3 is 2.71 bits per heavy atom. The van der Waals surface area contributed by atoms with E-state index in [9.17, 15) is 0 Å². The van der Waals surface area contributed by atoms with Gasteiger partial charge in [0.2, 0.25) is 0 Å². The minimum absolute atomic E-state index is 0.313. The van der Waals surface area contributed by atoms with E-state index in [2.05, 4.69) is 29.4 Å². The Balaban J connectivity index is 2.34. The average molecular weight is 289 g/mol. The lowest BCUT2D eigenvalue weighted by Gasteiger charge is -2.16. The molecule has 1 aromatic carbocycles. The van der Waals surface area contributed by atoms with Crippen LogP contribution in [0.3, 0.4) is 0 Å². The van der Waals surface area contributed by atoms with Gasteiger partial charge in [0.15, 0.2) is 5.82 Å². The molecule has 114 valence electrons. The number of hydrogen-bond donors (Lipinski definition) is 1. The molecule has 2 rings (SSSR count). The highest BCUT2D eigenvalue weighted by Crippen LogP contribution is 2.29. The van der Waals surface area contributed by atoms with E-state index < -0.39 is 0 Å². The molecule has 0 radical (unpaired) electrons. The second-order valence-electron chi connectivity index (χ2n) is 4.98. The number of tetrazole rings is 1. The SMILES string of the molecule is CCCC(CC)n1nnnc1-c1ccc(OCC)c(N)c1. The van der Waals surface area contributed by atoms with Crippen molar-refractivity contribution in [3.05, 3.63) is 18.2 Å². The number of nitrogens with two attached hydrogens (primary N) is 1. The zero-order valence-electron chi connectivity index (χ0n) is 12.9. The summed E-state index contributed by atoms with van der Waals surface area (Å²) >= 11 is 0. The summed E-state index contributed by atoms with van der Waals surface area (Å²) in [6.07, 6.45) is 3.16. The molecule has 6 nitrogen and oxygen atoms in total. The van der Waals surface area contributed by atoms with Crippen LogP contribution in [0.2, 0.25) is 0 Å². The van der Waals surface area contributed by atoms with Gasteiger partial charge in [0, 0.05) is 5.56 Å². The van der Waals surface area contributed by atoms with E-state index in [4.69, 9.17) is 10.5 Å². The van der Waals surface area contributed by atoms with E-state index in [0.717, 1.165) is 30.7 Å². The number of benzene rings is 1. The Labute approximate surface area is 125 Å². The van der Waals surface area contributed by atoms with Crippen molar-refractivity contribution in [2.75, 3.05) is 12.3 Å². The average Bonchev–Trinajstić information content (AvgIpc) is 2.96. The van der Waals surface area contributed by atoms with Crippen molar-refractivity contribution in [2.24, 2.45) is 0 Å². The number of nitrogens with zero attached hydrogens (tertiary/aromatic N) is 4. The van der Waals surface area contributed by atoms with Gasteiger partial charge in [0.05, 0.1) is 18.3 Å². The van der Waals surface area contributed by atoms with Crippen LogP contribution in [0.25, 0.3) is 11.4 Å². The van der Waals surface area contributed by atoms with Gasteiger partial charge in [0.1, 0.15) is 5.75 Å². The van der Waals surface area contributed by atoms with E-state index >= 15 is 0 Å². The number of aromatic nitrogens is 4. The zero-order valence-corrected chi connectivity index (χ0v) is 12.9. The number of nitrogen functional groups attached to an aromatic ring is 1. The Hall–Kier alpha value is -2.11. The molecule has 0 bridgehead atoms. The lowest BCUT2D eigenvalue weighted by molar-refractivity contribution is 0.342. The van der Waals surface area contributed by atoms with Gasteiger partial charge in [0.25, 0.3) is 0 Å². The van der Waals surface area contributed by atoms with E-state index in [0.29, 0.717) is 24.1 Å². The number of ether oxygens (including phenoxy) is 1. The van der Waals surface area contributed by atoms with Crippen molar-refractivity contribution < 1.29 is 4.74 Å². The lowest BCUT2D eigenvalue weighted by Crippen LogP contribution is -2.11. The van der Waals surface area contributed by atoms with E-state index in [1.165, 1.54) is 0 Å². The predicted octanol–water partition coefficient (Wildman–Crippen LogP) is 3.07. The van der Waals surface area contributed by atoms with E-state index in [-0.39, 0.29) is 0 Å². The van der Waals surface area contributed by atoms with Crippen LogP contribution in [-0.2, 0) is 0 Å². The Morgan fingerprint density at radius 2 is 2.10 bits per heavy atom. The van der Waals surface area contributed by atoms with Crippen LogP contribution in [0.4, 0.5) is 5.69 Å². The molecule has 0 aliphatic heterocycles. The van der Waals surface area contributed by atoms with Gasteiger partial charge in [-0.25, -0.2) is 4.68 Å². The van der Waals surface area contributed by atoms with Gasteiger partial charge >= 0.3 is 0 Å². The molecule has 0 aliphatic carbocycles. The van der Waals surface area contributed by atoms with Crippen molar-refractivity contribution in [2.45, 2.75) is 46.1 Å². The first kappa shape index (κ1) is 15.3. The van der Waals surface area contributed by atoms with Gasteiger partial charge in [-0.15, -0.1) is 5.10 Å². The predicted molar refractivity (Wildman–Crippen MR) is 83.1 cm³/mol. The normalized spacial score (nSPS) is 12.3. The van der Waals surface area contributed by atoms with Crippen LogP contribution in [0.1, 0.15) is 46.1 Å². The first-order valence-corrected chi connectivity index (χ1v) is 7.51. The van der Waals surface area contributed by atoms with Crippen molar-refractivity contribution in [3.8, 4) is 17.1 Å². The van der Waals surface area contributed by atoms with Gasteiger partial charge in [-0.2, -0.15) is 0 Å². The first-order valence-electron chi connectivity index (χ1n) is 7.51. The summed E-state index contributed by atoms with van der Waals surface area (Å²) in [6, 6.07) is 6.00. The smallest absolute Gasteiger partial charge is 0.182 e. The molecule has 0 saturated heterocycles. The van der Waals surface area contributed by atoms with E-state index in [1.54, 1.807) is 0 Å². The topological polar surface area (TPSA) is 78.8 Å². The van der Waals surface area contributed by atoms with Crippen molar-refractivity contribution in [1.82, 2.24) is 20.2 Å². The molecule has 0 amide bonds. The maximum Gasteiger partial charge on any atom is 0.182 e. The third kappa shape index (κ3) is 3.32. The second kappa shape index (κ2) is 7.06. The van der Waals surface area contributed by atoms with Crippen LogP contribution in [0.5, 0.6) is 5.75 Å². The maximum absolute atomic E-state index is 6.03. The first-order chi connectivity index (χ1) is 10.2. The molecule has 2 N–H and O–H groups in total.